The highest BCUT2D eigenvalue weighted by Gasteiger charge is 2.33. The van der Waals surface area contributed by atoms with Crippen molar-refractivity contribution in [1.82, 2.24) is 4.90 Å². The topological polar surface area (TPSA) is 46.3 Å². The first-order valence-electron chi connectivity index (χ1n) is 7.01. The SMILES string of the molecule is CC(CC(C)(C)c1ccccc1)N1CC(N)CC1=O. The minimum Gasteiger partial charge on any atom is -0.338 e. The second-order valence-electron chi connectivity index (χ2n) is 6.31. The number of amides is 1. The van der Waals surface area contributed by atoms with Gasteiger partial charge in [0.15, 0.2) is 0 Å². The van der Waals surface area contributed by atoms with Crippen LogP contribution in [-0.2, 0) is 10.2 Å². The molecule has 0 saturated carbocycles. The lowest BCUT2D eigenvalue weighted by Gasteiger charge is -2.33. The van der Waals surface area contributed by atoms with Crippen molar-refractivity contribution in [3.63, 3.8) is 0 Å². The van der Waals surface area contributed by atoms with Gasteiger partial charge < -0.3 is 10.6 Å². The zero-order chi connectivity index (χ0) is 14.0. The van der Waals surface area contributed by atoms with E-state index in [9.17, 15) is 4.79 Å². The van der Waals surface area contributed by atoms with E-state index in [1.807, 2.05) is 11.0 Å². The molecule has 2 rings (SSSR count). The average Bonchev–Trinajstić information content (AvgIpc) is 2.69. The minimum absolute atomic E-state index is 0.00906. The predicted octanol–water partition coefficient (Wildman–Crippen LogP) is 2.30. The molecule has 19 heavy (non-hydrogen) atoms. The van der Waals surface area contributed by atoms with Crippen LogP contribution in [0.25, 0.3) is 0 Å². The summed E-state index contributed by atoms with van der Waals surface area (Å²) in [6, 6.07) is 10.7. The molecule has 1 aromatic rings. The number of likely N-dealkylation sites (tertiary alicyclic amines) is 1. The van der Waals surface area contributed by atoms with E-state index in [2.05, 4.69) is 45.0 Å². The van der Waals surface area contributed by atoms with Gasteiger partial charge in [0.2, 0.25) is 5.91 Å². The number of carbonyl (C=O) groups excluding carboxylic acids is 1. The number of hydrogen-bond acceptors (Lipinski definition) is 2. The summed E-state index contributed by atoms with van der Waals surface area (Å²) in [7, 11) is 0. The second-order valence-corrected chi connectivity index (χ2v) is 6.31. The van der Waals surface area contributed by atoms with Gasteiger partial charge in [-0.25, -0.2) is 0 Å². The molecule has 3 nitrogen and oxygen atoms in total. The molecule has 0 aliphatic carbocycles. The van der Waals surface area contributed by atoms with Crippen molar-refractivity contribution in [3.8, 4) is 0 Å². The van der Waals surface area contributed by atoms with Crippen LogP contribution in [0, 0.1) is 0 Å². The van der Waals surface area contributed by atoms with Gasteiger partial charge in [0.05, 0.1) is 0 Å². The van der Waals surface area contributed by atoms with Crippen LogP contribution in [0.15, 0.2) is 30.3 Å². The third kappa shape index (κ3) is 3.16. The van der Waals surface area contributed by atoms with Crippen LogP contribution >= 0.6 is 0 Å². The van der Waals surface area contributed by atoms with Crippen LogP contribution in [0.5, 0.6) is 0 Å². The largest absolute Gasteiger partial charge is 0.338 e. The fraction of sp³-hybridized carbons (Fsp3) is 0.562. The Balaban J connectivity index is 2.06. The summed E-state index contributed by atoms with van der Waals surface area (Å²) >= 11 is 0. The van der Waals surface area contributed by atoms with Crippen molar-refractivity contribution in [1.29, 1.82) is 0 Å². The van der Waals surface area contributed by atoms with Crippen LogP contribution < -0.4 is 5.73 Å². The molecule has 1 saturated heterocycles. The third-order valence-corrected chi connectivity index (χ3v) is 4.08. The highest BCUT2D eigenvalue weighted by Crippen LogP contribution is 2.30. The van der Waals surface area contributed by atoms with E-state index in [1.54, 1.807) is 0 Å². The molecule has 3 heteroatoms. The van der Waals surface area contributed by atoms with Gasteiger partial charge in [0, 0.05) is 25.0 Å². The maximum Gasteiger partial charge on any atom is 0.224 e. The van der Waals surface area contributed by atoms with Gasteiger partial charge in [-0.15, -0.1) is 0 Å². The van der Waals surface area contributed by atoms with E-state index in [1.165, 1.54) is 5.56 Å². The fourth-order valence-electron chi connectivity index (χ4n) is 3.04. The Bertz CT molecular complexity index is 441. The summed E-state index contributed by atoms with van der Waals surface area (Å²) < 4.78 is 0. The fourth-order valence-corrected chi connectivity index (χ4v) is 3.04. The Labute approximate surface area is 115 Å². The van der Waals surface area contributed by atoms with Gasteiger partial charge in [-0.2, -0.15) is 0 Å². The van der Waals surface area contributed by atoms with Crippen molar-refractivity contribution in [3.05, 3.63) is 35.9 Å². The molecule has 2 unspecified atom stereocenters. The summed E-state index contributed by atoms with van der Waals surface area (Å²) in [5.74, 6) is 0.198. The molecular weight excluding hydrogens is 236 g/mol. The normalized spacial score (nSPS) is 21.8. The molecule has 1 amide bonds. The van der Waals surface area contributed by atoms with E-state index >= 15 is 0 Å². The Hall–Kier alpha value is -1.35. The lowest BCUT2D eigenvalue weighted by molar-refractivity contribution is -0.129. The van der Waals surface area contributed by atoms with Crippen LogP contribution in [0.2, 0.25) is 0 Å². The molecule has 1 aliphatic rings. The van der Waals surface area contributed by atoms with Gasteiger partial charge in [-0.1, -0.05) is 44.2 Å². The molecule has 1 fully saturated rings. The third-order valence-electron chi connectivity index (χ3n) is 4.08. The Morgan fingerprint density at radius 1 is 1.37 bits per heavy atom. The summed E-state index contributed by atoms with van der Waals surface area (Å²) in [5, 5.41) is 0. The monoisotopic (exact) mass is 260 g/mol. The zero-order valence-corrected chi connectivity index (χ0v) is 12.1. The molecule has 0 spiro atoms. The number of nitrogens with two attached hydrogens (primary N) is 1. The number of rotatable bonds is 4. The van der Waals surface area contributed by atoms with Crippen molar-refractivity contribution in [2.75, 3.05) is 6.54 Å². The van der Waals surface area contributed by atoms with Crippen molar-refractivity contribution in [2.45, 2.75) is 51.1 Å². The maximum absolute atomic E-state index is 11.9. The van der Waals surface area contributed by atoms with Crippen molar-refractivity contribution >= 4 is 5.91 Å². The first-order chi connectivity index (χ1) is 8.90. The Kier molecular flexibility index (Phi) is 3.95. The van der Waals surface area contributed by atoms with E-state index in [0.29, 0.717) is 13.0 Å². The number of nitrogens with zero attached hydrogens (tertiary/aromatic N) is 1. The smallest absolute Gasteiger partial charge is 0.224 e. The van der Waals surface area contributed by atoms with E-state index < -0.39 is 0 Å². The van der Waals surface area contributed by atoms with Gasteiger partial charge in [0.1, 0.15) is 0 Å². The molecule has 0 bridgehead atoms. The summed E-state index contributed by atoms with van der Waals surface area (Å²) in [5.41, 5.74) is 7.25. The number of benzene rings is 1. The van der Waals surface area contributed by atoms with Crippen LogP contribution in [0.3, 0.4) is 0 Å². The minimum atomic E-state index is 0.00906. The lowest BCUT2D eigenvalue weighted by Crippen LogP contribution is -2.39. The van der Waals surface area contributed by atoms with Gasteiger partial charge in [-0.3, -0.25) is 4.79 Å². The molecule has 2 N–H and O–H groups in total. The second kappa shape index (κ2) is 5.33. The molecular formula is C16H24N2O. The maximum atomic E-state index is 11.9. The van der Waals surface area contributed by atoms with E-state index in [0.717, 1.165) is 6.42 Å². The van der Waals surface area contributed by atoms with Crippen LogP contribution in [0.1, 0.15) is 39.2 Å². The first-order valence-corrected chi connectivity index (χ1v) is 7.01. The molecule has 1 aromatic carbocycles. The van der Waals surface area contributed by atoms with Crippen LogP contribution in [0.4, 0.5) is 0 Å². The quantitative estimate of drug-likeness (QED) is 0.903. The predicted molar refractivity (Wildman–Crippen MR) is 77.9 cm³/mol. The summed E-state index contributed by atoms with van der Waals surface area (Å²) in [6.07, 6.45) is 1.45. The zero-order valence-electron chi connectivity index (χ0n) is 12.1. The Morgan fingerprint density at radius 2 is 2.00 bits per heavy atom. The van der Waals surface area contributed by atoms with E-state index in [4.69, 9.17) is 5.73 Å². The average molecular weight is 260 g/mol. The molecule has 2 atom stereocenters. The standard InChI is InChI=1S/C16H24N2O/c1-12(18-11-14(17)9-15(18)19)10-16(2,3)13-7-5-4-6-8-13/h4-8,12,14H,9-11,17H2,1-3H3. The van der Waals surface area contributed by atoms with Crippen molar-refractivity contribution < 1.29 is 4.79 Å². The highest BCUT2D eigenvalue weighted by molar-refractivity contribution is 5.79. The van der Waals surface area contributed by atoms with E-state index in [-0.39, 0.29) is 23.4 Å². The molecule has 104 valence electrons. The first kappa shape index (κ1) is 14.1. The molecule has 0 aromatic heterocycles. The highest BCUT2D eigenvalue weighted by atomic mass is 16.2. The number of carbonyl (C=O) groups is 1. The van der Waals surface area contributed by atoms with Crippen molar-refractivity contribution in [2.24, 2.45) is 5.73 Å². The van der Waals surface area contributed by atoms with Crippen LogP contribution in [-0.4, -0.2) is 29.4 Å². The Morgan fingerprint density at radius 3 is 2.53 bits per heavy atom. The molecule has 1 aliphatic heterocycles. The van der Waals surface area contributed by atoms with Gasteiger partial charge in [0.25, 0.3) is 0 Å². The van der Waals surface area contributed by atoms with Gasteiger partial charge in [-0.05, 0) is 24.3 Å². The molecule has 0 radical (unpaired) electrons. The van der Waals surface area contributed by atoms with Gasteiger partial charge >= 0.3 is 0 Å². The molecule has 1 heterocycles. The lowest BCUT2D eigenvalue weighted by atomic mass is 9.79. The number of hydrogen-bond donors (Lipinski definition) is 1. The summed E-state index contributed by atoms with van der Waals surface area (Å²) in [4.78, 5) is 13.8. The summed E-state index contributed by atoms with van der Waals surface area (Å²) in [6.45, 7) is 7.30.